The Morgan fingerprint density at radius 2 is 1.89 bits per heavy atom. The van der Waals surface area contributed by atoms with Gasteiger partial charge in [0.2, 0.25) is 0 Å². The third-order valence-electron chi connectivity index (χ3n) is 3.00. The second kappa shape index (κ2) is 5.50. The van der Waals surface area contributed by atoms with E-state index in [1.165, 1.54) is 19.1 Å². The molecule has 0 aliphatic rings. The van der Waals surface area contributed by atoms with Gasteiger partial charge in [-0.1, -0.05) is 18.2 Å². The third-order valence-corrected chi connectivity index (χ3v) is 4.70. The Morgan fingerprint density at radius 1 is 1.32 bits per heavy atom. The summed E-state index contributed by atoms with van der Waals surface area (Å²) in [6.45, 7) is 1.45. The van der Waals surface area contributed by atoms with Crippen LogP contribution >= 0.6 is 0 Å². The first kappa shape index (κ1) is 16.0. The van der Waals surface area contributed by atoms with Crippen molar-refractivity contribution in [3.05, 3.63) is 35.4 Å². The fourth-order valence-electron chi connectivity index (χ4n) is 1.63. The highest BCUT2D eigenvalue weighted by Gasteiger charge is 2.30. The zero-order chi connectivity index (χ0) is 14.8. The van der Waals surface area contributed by atoms with Gasteiger partial charge in [-0.05, 0) is 25.0 Å². The maximum atomic E-state index is 12.5. The Labute approximate surface area is 110 Å². The molecule has 3 nitrogen and oxygen atoms in total. The third kappa shape index (κ3) is 4.50. The van der Waals surface area contributed by atoms with Crippen LogP contribution in [0, 0.1) is 0 Å². The van der Waals surface area contributed by atoms with E-state index in [2.05, 4.69) is 0 Å². The number of alkyl halides is 3. The molecule has 0 heterocycles. The molecule has 108 valence electrons. The van der Waals surface area contributed by atoms with Crippen molar-refractivity contribution in [3.63, 3.8) is 0 Å². The van der Waals surface area contributed by atoms with Crippen molar-refractivity contribution in [1.82, 2.24) is 0 Å². The van der Waals surface area contributed by atoms with Crippen LogP contribution in [0.15, 0.2) is 24.3 Å². The van der Waals surface area contributed by atoms with Gasteiger partial charge in [-0.15, -0.1) is 0 Å². The molecule has 0 saturated carbocycles. The molecule has 2 N–H and O–H groups in total. The maximum Gasteiger partial charge on any atom is 0.416 e. The Kier molecular flexibility index (Phi) is 4.63. The van der Waals surface area contributed by atoms with Crippen LogP contribution in [0.2, 0.25) is 0 Å². The quantitative estimate of drug-likeness (QED) is 0.924. The Balaban J connectivity index is 2.89. The lowest BCUT2D eigenvalue weighted by Gasteiger charge is -2.18. The van der Waals surface area contributed by atoms with E-state index < -0.39 is 32.9 Å². The molecule has 2 atom stereocenters. The summed E-state index contributed by atoms with van der Waals surface area (Å²) in [5.41, 5.74) is 5.35. The highest BCUT2D eigenvalue weighted by atomic mass is 32.2. The van der Waals surface area contributed by atoms with Crippen molar-refractivity contribution in [2.45, 2.75) is 30.8 Å². The predicted octanol–water partition coefficient (Wildman–Crippen LogP) is 2.01. The van der Waals surface area contributed by atoms with Crippen LogP contribution < -0.4 is 5.73 Å². The van der Waals surface area contributed by atoms with Gasteiger partial charge in [0, 0.05) is 12.3 Å². The van der Waals surface area contributed by atoms with E-state index in [1.807, 2.05) is 0 Å². The molecule has 0 saturated heterocycles. The summed E-state index contributed by atoms with van der Waals surface area (Å²) < 4.78 is 60.2. The average molecular weight is 295 g/mol. The van der Waals surface area contributed by atoms with Gasteiger partial charge in [-0.3, -0.25) is 0 Å². The van der Waals surface area contributed by atoms with Gasteiger partial charge in [-0.25, -0.2) is 8.42 Å². The normalized spacial score (nSPS) is 16.1. The lowest BCUT2D eigenvalue weighted by atomic mass is 10.0. The fourth-order valence-corrected chi connectivity index (χ4v) is 2.36. The number of sulfone groups is 1. The first-order chi connectivity index (χ1) is 8.51. The van der Waals surface area contributed by atoms with Crippen molar-refractivity contribution in [1.29, 1.82) is 0 Å². The molecule has 0 bridgehead atoms. The smallest absolute Gasteiger partial charge is 0.326 e. The number of halogens is 3. The molecule has 0 aromatic heterocycles. The highest BCUT2D eigenvalue weighted by molar-refractivity contribution is 7.91. The van der Waals surface area contributed by atoms with Crippen LogP contribution in [-0.4, -0.2) is 26.0 Å². The van der Waals surface area contributed by atoms with Crippen molar-refractivity contribution in [2.24, 2.45) is 5.73 Å². The van der Waals surface area contributed by atoms with Crippen molar-refractivity contribution in [3.8, 4) is 0 Å². The summed E-state index contributed by atoms with van der Waals surface area (Å²) in [6.07, 6.45) is -3.27. The molecular weight excluding hydrogens is 279 g/mol. The van der Waals surface area contributed by atoms with E-state index in [0.29, 0.717) is 5.56 Å². The molecule has 1 rings (SSSR count). The molecule has 19 heavy (non-hydrogen) atoms. The molecule has 2 unspecified atom stereocenters. The van der Waals surface area contributed by atoms with Crippen molar-refractivity contribution < 1.29 is 21.6 Å². The first-order valence-corrected chi connectivity index (χ1v) is 7.58. The standard InChI is InChI=1S/C12H16F3NO2S/c1-8(19(2,17)18)11(16)7-9-4-3-5-10(6-9)12(13,14)15/h3-6,8,11H,7,16H2,1-2H3. The Bertz CT molecular complexity index is 540. The Morgan fingerprint density at radius 3 is 2.37 bits per heavy atom. The van der Waals surface area contributed by atoms with Gasteiger partial charge in [0.1, 0.15) is 0 Å². The van der Waals surface area contributed by atoms with Crippen molar-refractivity contribution >= 4 is 9.84 Å². The summed E-state index contributed by atoms with van der Waals surface area (Å²) in [7, 11) is -3.31. The van der Waals surface area contributed by atoms with Gasteiger partial charge in [0.15, 0.2) is 9.84 Å². The zero-order valence-corrected chi connectivity index (χ0v) is 11.4. The van der Waals surface area contributed by atoms with E-state index in [-0.39, 0.29) is 6.42 Å². The molecule has 1 aromatic carbocycles. The van der Waals surface area contributed by atoms with E-state index in [9.17, 15) is 21.6 Å². The highest BCUT2D eigenvalue weighted by Crippen LogP contribution is 2.29. The predicted molar refractivity (Wildman–Crippen MR) is 67.4 cm³/mol. The van der Waals surface area contributed by atoms with Crippen LogP contribution in [0.25, 0.3) is 0 Å². The van der Waals surface area contributed by atoms with Crippen molar-refractivity contribution in [2.75, 3.05) is 6.26 Å². The summed E-state index contributed by atoms with van der Waals surface area (Å²) in [5, 5.41) is -0.804. The fraction of sp³-hybridized carbons (Fsp3) is 0.500. The number of benzene rings is 1. The monoisotopic (exact) mass is 295 g/mol. The first-order valence-electron chi connectivity index (χ1n) is 5.62. The van der Waals surface area contributed by atoms with E-state index in [1.54, 1.807) is 0 Å². The van der Waals surface area contributed by atoms with Crippen LogP contribution in [-0.2, 0) is 22.4 Å². The summed E-state index contributed by atoms with van der Waals surface area (Å²) >= 11 is 0. The lowest BCUT2D eigenvalue weighted by Crippen LogP contribution is -2.39. The van der Waals surface area contributed by atoms with Gasteiger partial charge >= 0.3 is 6.18 Å². The van der Waals surface area contributed by atoms with Gasteiger partial charge in [0.25, 0.3) is 0 Å². The summed E-state index contributed by atoms with van der Waals surface area (Å²) in [5.74, 6) is 0. The second-order valence-corrected chi connectivity index (χ2v) is 7.00. The maximum absolute atomic E-state index is 12.5. The summed E-state index contributed by atoms with van der Waals surface area (Å²) in [4.78, 5) is 0. The minimum Gasteiger partial charge on any atom is -0.326 e. The van der Waals surface area contributed by atoms with Gasteiger partial charge in [-0.2, -0.15) is 13.2 Å². The Hall–Kier alpha value is -1.08. The molecule has 0 aliphatic heterocycles. The molecule has 0 aliphatic carbocycles. The molecule has 0 amide bonds. The molecule has 0 fully saturated rings. The molecule has 7 heteroatoms. The molecule has 0 spiro atoms. The minimum atomic E-state index is -4.41. The van der Waals surface area contributed by atoms with Crippen LogP contribution in [0.1, 0.15) is 18.1 Å². The number of nitrogens with two attached hydrogens (primary N) is 1. The molecule has 1 aromatic rings. The average Bonchev–Trinajstić information content (AvgIpc) is 2.26. The van der Waals surface area contributed by atoms with E-state index in [4.69, 9.17) is 5.73 Å². The molecular formula is C12H16F3NO2S. The summed E-state index contributed by atoms with van der Waals surface area (Å²) in [6, 6.07) is 4.02. The van der Waals surface area contributed by atoms with Gasteiger partial charge < -0.3 is 5.73 Å². The largest absolute Gasteiger partial charge is 0.416 e. The SMILES string of the molecule is CC(C(N)Cc1cccc(C(F)(F)F)c1)S(C)(=O)=O. The van der Waals surface area contributed by atoms with Crippen LogP contribution in [0.5, 0.6) is 0 Å². The number of hydrogen-bond acceptors (Lipinski definition) is 3. The van der Waals surface area contributed by atoms with E-state index in [0.717, 1.165) is 18.4 Å². The molecule has 0 radical (unpaired) electrons. The van der Waals surface area contributed by atoms with E-state index >= 15 is 0 Å². The van der Waals surface area contributed by atoms with Gasteiger partial charge in [0.05, 0.1) is 10.8 Å². The topological polar surface area (TPSA) is 60.2 Å². The second-order valence-electron chi connectivity index (χ2n) is 4.60. The number of hydrogen-bond donors (Lipinski definition) is 1. The lowest BCUT2D eigenvalue weighted by molar-refractivity contribution is -0.137. The minimum absolute atomic E-state index is 0.0815. The zero-order valence-electron chi connectivity index (χ0n) is 10.6. The van der Waals surface area contributed by atoms with Crippen LogP contribution in [0.3, 0.4) is 0 Å². The van der Waals surface area contributed by atoms with Crippen LogP contribution in [0.4, 0.5) is 13.2 Å². The number of rotatable bonds is 4.